The first kappa shape index (κ1) is 17.9. The van der Waals surface area contributed by atoms with Crippen molar-refractivity contribution in [3.05, 3.63) is 23.5 Å². The molecule has 0 spiro atoms. The first-order chi connectivity index (χ1) is 12.4. The maximum absolute atomic E-state index is 14.5. The Morgan fingerprint density at radius 3 is 2.88 bits per heavy atom. The van der Waals surface area contributed by atoms with Gasteiger partial charge in [-0.1, -0.05) is 0 Å². The summed E-state index contributed by atoms with van der Waals surface area (Å²) in [5.74, 6) is -1.10. The Morgan fingerprint density at radius 1 is 1.42 bits per heavy atom. The number of alkyl carbamates (subject to hydrolysis) is 1. The van der Waals surface area contributed by atoms with Crippen LogP contribution in [0.5, 0.6) is 0 Å². The molecule has 2 heterocycles. The monoisotopic (exact) mass is 369 g/mol. The molecule has 0 aliphatic carbocycles. The van der Waals surface area contributed by atoms with Gasteiger partial charge in [-0.2, -0.15) is 0 Å². The Kier molecular flexibility index (Phi) is 4.92. The highest BCUT2D eigenvalue weighted by Gasteiger charge is 2.36. The van der Waals surface area contributed by atoms with Crippen LogP contribution >= 0.6 is 0 Å². The van der Waals surface area contributed by atoms with Crippen LogP contribution in [0.2, 0.25) is 0 Å². The van der Waals surface area contributed by atoms with Gasteiger partial charge in [-0.25, -0.2) is 18.4 Å². The zero-order valence-corrected chi connectivity index (χ0v) is 14.0. The second-order valence-corrected chi connectivity index (χ2v) is 5.84. The minimum Gasteiger partial charge on any atom is -0.453 e. The molecule has 0 radical (unpaired) electrons. The maximum Gasteiger partial charge on any atom is 0.414 e. The van der Waals surface area contributed by atoms with Crippen LogP contribution in [0.3, 0.4) is 0 Å². The molecule has 8 nitrogen and oxygen atoms in total. The van der Waals surface area contributed by atoms with Crippen LogP contribution in [-0.2, 0) is 20.7 Å². The molecule has 140 valence electrons. The maximum atomic E-state index is 14.5. The summed E-state index contributed by atoms with van der Waals surface area (Å²) in [5, 5.41) is 2.42. The van der Waals surface area contributed by atoms with Crippen LogP contribution in [0.15, 0.2) is 12.1 Å². The van der Waals surface area contributed by atoms with Crippen LogP contribution in [-0.4, -0.2) is 57.6 Å². The fraction of sp³-hybridized carbons (Fsp3) is 0.438. The van der Waals surface area contributed by atoms with Gasteiger partial charge in [-0.3, -0.25) is 9.69 Å². The fourth-order valence-electron chi connectivity index (χ4n) is 3.05. The van der Waals surface area contributed by atoms with Crippen molar-refractivity contribution in [3.63, 3.8) is 0 Å². The minimum absolute atomic E-state index is 0.0467. The molecule has 0 aromatic heterocycles. The van der Waals surface area contributed by atoms with Gasteiger partial charge in [0.2, 0.25) is 5.91 Å². The molecule has 1 saturated heterocycles. The highest BCUT2D eigenvalue weighted by Crippen LogP contribution is 2.36. The number of methoxy groups -OCH3 is 1. The SMILES string of the molecule is COC(=O)NC[C@H]1CN(c2cc(F)c3c(c2)CC(=O)N3CCF)C(=O)O1. The second kappa shape index (κ2) is 7.14. The Balaban J connectivity index is 1.78. The summed E-state index contributed by atoms with van der Waals surface area (Å²) in [6, 6.07) is 2.63. The number of nitrogens with zero attached hydrogens (tertiary/aromatic N) is 2. The topological polar surface area (TPSA) is 88.2 Å². The van der Waals surface area contributed by atoms with Crippen molar-refractivity contribution >= 4 is 29.5 Å². The Hall–Kier alpha value is -2.91. The molecule has 26 heavy (non-hydrogen) atoms. The van der Waals surface area contributed by atoms with Crippen molar-refractivity contribution in [1.29, 1.82) is 0 Å². The lowest BCUT2D eigenvalue weighted by Crippen LogP contribution is -2.34. The average molecular weight is 369 g/mol. The average Bonchev–Trinajstić information content (AvgIpc) is 3.13. The molecule has 2 aliphatic heterocycles. The number of carbonyl (C=O) groups is 3. The summed E-state index contributed by atoms with van der Waals surface area (Å²) in [5.41, 5.74) is 0.678. The number of hydrogen-bond donors (Lipinski definition) is 1. The third-order valence-electron chi connectivity index (χ3n) is 4.19. The van der Waals surface area contributed by atoms with E-state index in [0.29, 0.717) is 5.56 Å². The van der Waals surface area contributed by atoms with Gasteiger partial charge in [0, 0.05) is 0 Å². The molecule has 3 rings (SSSR count). The third-order valence-corrected chi connectivity index (χ3v) is 4.19. The number of hydrogen-bond acceptors (Lipinski definition) is 5. The summed E-state index contributed by atoms with van der Waals surface area (Å²) in [7, 11) is 1.21. The molecule has 1 aromatic carbocycles. The molecular weight excluding hydrogens is 352 g/mol. The van der Waals surface area contributed by atoms with E-state index in [1.807, 2.05) is 0 Å². The van der Waals surface area contributed by atoms with Crippen LogP contribution in [0.1, 0.15) is 5.56 Å². The quantitative estimate of drug-likeness (QED) is 0.847. The zero-order chi connectivity index (χ0) is 18.8. The molecule has 10 heteroatoms. The lowest BCUT2D eigenvalue weighted by Gasteiger charge is -2.18. The van der Waals surface area contributed by atoms with Gasteiger partial charge < -0.3 is 19.7 Å². The van der Waals surface area contributed by atoms with Crippen LogP contribution in [0.4, 0.5) is 29.7 Å². The number of alkyl halides is 1. The van der Waals surface area contributed by atoms with Crippen molar-refractivity contribution in [2.24, 2.45) is 0 Å². The largest absolute Gasteiger partial charge is 0.453 e. The highest BCUT2D eigenvalue weighted by atomic mass is 19.1. The van der Waals surface area contributed by atoms with E-state index in [1.54, 1.807) is 0 Å². The Morgan fingerprint density at radius 2 is 2.19 bits per heavy atom. The van der Waals surface area contributed by atoms with Crippen LogP contribution in [0, 0.1) is 5.82 Å². The number of carbonyl (C=O) groups excluding carboxylic acids is 3. The van der Waals surface area contributed by atoms with Gasteiger partial charge in [-0.15, -0.1) is 0 Å². The van der Waals surface area contributed by atoms with Crippen molar-refractivity contribution in [2.75, 3.05) is 43.2 Å². The fourth-order valence-corrected chi connectivity index (χ4v) is 3.05. The number of benzene rings is 1. The van der Waals surface area contributed by atoms with E-state index in [2.05, 4.69) is 10.1 Å². The molecule has 0 bridgehead atoms. The number of ether oxygens (including phenoxy) is 2. The van der Waals surface area contributed by atoms with Crippen LogP contribution in [0.25, 0.3) is 0 Å². The van der Waals surface area contributed by atoms with Crippen molar-refractivity contribution in [1.82, 2.24) is 5.32 Å². The Bertz CT molecular complexity index is 758. The molecule has 1 aromatic rings. The van der Waals surface area contributed by atoms with Crippen molar-refractivity contribution < 1.29 is 32.6 Å². The molecule has 0 unspecified atom stereocenters. The lowest BCUT2D eigenvalue weighted by molar-refractivity contribution is -0.117. The predicted molar refractivity (Wildman–Crippen MR) is 86.5 cm³/mol. The number of cyclic esters (lactones) is 1. The molecule has 1 atom stereocenters. The first-order valence-electron chi connectivity index (χ1n) is 7.93. The predicted octanol–water partition coefficient (Wildman–Crippen LogP) is 1.37. The summed E-state index contributed by atoms with van der Waals surface area (Å²) in [4.78, 5) is 37.4. The smallest absolute Gasteiger partial charge is 0.414 e. The molecule has 1 fully saturated rings. The summed E-state index contributed by atoms with van der Waals surface area (Å²) in [6.07, 6.45) is -2.03. The molecular formula is C16H17F2N3O5. The van der Waals surface area contributed by atoms with E-state index in [-0.39, 0.29) is 37.4 Å². The third kappa shape index (κ3) is 3.26. The molecule has 3 amide bonds. The number of rotatable bonds is 5. The molecule has 0 saturated carbocycles. The van der Waals surface area contributed by atoms with E-state index in [0.717, 1.165) is 11.0 Å². The lowest BCUT2D eigenvalue weighted by atomic mass is 10.1. The van der Waals surface area contributed by atoms with Crippen molar-refractivity contribution in [3.8, 4) is 0 Å². The van der Waals surface area contributed by atoms with Crippen molar-refractivity contribution in [2.45, 2.75) is 12.5 Å². The molecule has 1 N–H and O–H groups in total. The standard InChI is InChI=1S/C16H17F2N3O5/c1-25-15(23)19-7-11-8-21(16(24)26-11)10-4-9-5-13(22)20(3-2-17)14(9)12(18)6-10/h4,6,11H,2-3,5,7-8H2,1H3,(H,19,23)/t11-/m0/s1. The summed E-state index contributed by atoms with van der Waals surface area (Å²) >= 11 is 0. The van der Waals surface area contributed by atoms with E-state index in [9.17, 15) is 23.2 Å². The highest BCUT2D eigenvalue weighted by molar-refractivity contribution is 6.02. The van der Waals surface area contributed by atoms with E-state index in [1.165, 1.54) is 18.1 Å². The van der Waals surface area contributed by atoms with E-state index in [4.69, 9.17) is 4.74 Å². The zero-order valence-electron chi connectivity index (χ0n) is 14.0. The van der Waals surface area contributed by atoms with Gasteiger partial charge in [0.15, 0.2) is 0 Å². The van der Waals surface area contributed by atoms with Crippen LogP contribution < -0.4 is 15.1 Å². The Labute approximate surface area is 147 Å². The van der Waals surface area contributed by atoms with Gasteiger partial charge in [-0.05, 0) is 17.7 Å². The number of halogens is 2. The van der Waals surface area contributed by atoms with E-state index < -0.39 is 36.7 Å². The number of anilines is 2. The molecule has 2 aliphatic rings. The summed E-state index contributed by atoms with van der Waals surface area (Å²) in [6.45, 7) is -0.844. The number of fused-ring (bicyclic) bond motifs is 1. The summed E-state index contributed by atoms with van der Waals surface area (Å²) < 4.78 is 36.7. The number of nitrogens with one attached hydrogen (secondary N) is 1. The van der Waals surface area contributed by atoms with E-state index >= 15 is 0 Å². The van der Waals surface area contributed by atoms with Gasteiger partial charge in [0.1, 0.15) is 18.6 Å². The number of amides is 3. The van der Waals surface area contributed by atoms with Gasteiger partial charge in [0.05, 0.1) is 44.5 Å². The van der Waals surface area contributed by atoms with Gasteiger partial charge >= 0.3 is 12.2 Å². The first-order valence-corrected chi connectivity index (χ1v) is 7.93. The second-order valence-electron chi connectivity index (χ2n) is 5.84. The normalized spacial score (nSPS) is 18.8. The van der Waals surface area contributed by atoms with Gasteiger partial charge in [0.25, 0.3) is 0 Å². The minimum atomic E-state index is -0.778.